The van der Waals surface area contributed by atoms with E-state index in [4.69, 9.17) is 0 Å². The highest BCUT2D eigenvalue weighted by Gasteiger charge is 2.26. The number of carbonyl (C=O) groups is 1. The Labute approximate surface area is 139 Å². The van der Waals surface area contributed by atoms with Crippen LogP contribution < -0.4 is 5.56 Å². The highest BCUT2D eigenvalue weighted by atomic mass is 32.1. The van der Waals surface area contributed by atoms with E-state index in [1.54, 1.807) is 28.2 Å². The predicted molar refractivity (Wildman–Crippen MR) is 90.7 cm³/mol. The van der Waals surface area contributed by atoms with Crippen LogP contribution in [0.15, 0.2) is 34.6 Å². The molecule has 0 spiro atoms. The van der Waals surface area contributed by atoms with Crippen molar-refractivity contribution in [3.63, 3.8) is 0 Å². The van der Waals surface area contributed by atoms with E-state index >= 15 is 0 Å². The molecule has 1 aliphatic heterocycles. The Morgan fingerprint density at radius 2 is 2.30 bits per heavy atom. The number of carbonyl (C=O) groups excluding carboxylic acids is 1. The average Bonchev–Trinajstić information content (AvgIpc) is 3.00. The van der Waals surface area contributed by atoms with Gasteiger partial charge < -0.3 is 9.47 Å². The molecule has 122 valence electrons. The molecular formula is C17H21N3O2S. The Morgan fingerprint density at radius 1 is 1.43 bits per heavy atom. The van der Waals surface area contributed by atoms with Crippen molar-refractivity contribution in [1.29, 1.82) is 0 Å². The molecule has 2 aromatic rings. The van der Waals surface area contributed by atoms with Gasteiger partial charge in [0.15, 0.2) is 0 Å². The van der Waals surface area contributed by atoms with Crippen molar-refractivity contribution in [2.45, 2.75) is 38.6 Å². The summed E-state index contributed by atoms with van der Waals surface area (Å²) >= 11 is 1.69. The summed E-state index contributed by atoms with van der Waals surface area (Å²) in [5.74, 6) is 0.476. The zero-order valence-corrected chi connectivity index (χ0v) is 14.1. The van der Waals surface area contributed by atoms with Gasteiger partial charge in [-0.05, 0) is 25.8 Å². The number of aromatic nitrogens is 2. The predicted octanol–water partition coefficient (Wildman–Crippen LogP) is 2.41. The van der Waals surface area contributed by atoms with Crippen LogP contribution in [0.25, 0.3) is 0 Å². The van der Waals surface area contributed by atoms with Crippen molar-refractivity contribution in [2.75, 3.05) is 13.1 Å². The van der Waals surface area contributed by atoms with Crippen molar-refractivity contribution in [1.82, 2.24) is 14.5 Å². The minimum atomic E-state index is -0.0601. The molecule has 1 unspecified atom stereocenters. The van der Waals surface area contributed by atoms with Crippen molar-refractivity contribution >= 4 is 17.2 Å². The monoisotopic (exact) mass is 331 g/mol. The molecule has 2 aromatic heterocycles. The quantitative estimate of drug-likeness (QED) is 0.864. The molecule has 0 N–H and O–H groups in total. The lowest BCUT2D eigenvalue weighted by Crippen LogP contribution is -2.39. The van der Waals surface area contributed by atoms with Crippen molar-refractivity contribution in [2.24, 2.45) is 0 Å². The molecule has 1 atom stereocenters. The maximum absolute atomic E-state index is 12.5. The van der Waals surface area contributed by atoms with Gasteiger partial charge in [-0.2, -0.15) is 0 Å². The SMILES string of the molecule is Cc1csc(C2CCCN(C(=O)CCn3ccccc3=O)C2)n1. The minimum Gasteiger partial charge on any atom is -0.342 e. The Kier molecular flexibility index (Phi) is 4.91. The van der Waals surface area contributed by atoms with Gasteiger partial charge in [-0.3, -0.25) is 9.59 Å². The molecule has 1 fully saturated rings. The Hall–Kier alpha value is -1.95. The molecule has 0 bridgehead atoms. The smallest absolute Gasteiger partial charge is 0.250 e. The molecule has 1 aliphatic rings. The second kappa shape index (κ2) is 7.08. The highest BCUT2D eigenvalue weighted by molar-refractivity contribution is 7.09. The normalized spacial score (nSPS) is 18.1. The molecule has 3 rings (SSSR count). The number of nitrogens with zero attached hydrogens (tertiary/aromatic N) is 3. The molecule has 3 heterocycles. The van der Waals surface area contributed by atoms with Gasteiger partial charge in [0.25, 0.3) is 5.56 Å². The van der Waals surface area contributed by atoms with E-state index in [-0.39, 0.29) is 11.5 Å². The summed E-state index contributed by atoms with van der Waals surface area (Å²) in [5.41, 5.74) is 0.993. The van der Waals surface area contributed by atoms with E-state index in [1.165, 1.54) is 6.07 Å². The van der Waals surface area contributed by atoms with Crippen LogP contribution in [0.3, 0.4) is 0 Å². The van der Waals surface area contributed by atoms with Gasteiger partial charge in [-0.15, -0.1) is 11.3 Å². The molecule has 0 radical (unpaired) electrons. The van der Waals surface area contributed by atoms with Gasteiger partial charge in [-0.25, -0.2) is 4.98 Å². The largest absolute Gasteiger partial charge is 0.342 e. The van der Waals surface area contributed by atoms with E-state index in [9.17, 15) is 9.59 Å². The summed E-state index contributed by atoms with van der Waals surface area (Å²) in [5, 5.41) is 3.21. The summed E-state index contributed by atoms with van der Waals surface area (Å²) in [6.45, 7) is 4.00. The molecule has 0 saturated carbocycles. The summed E-state index contributed by atoms with van der Waals surface area (Å²) < 4.78 is 1.59. The lowest BCUT2D eigenvalue weighted by molar-refractivity contribution is -0.132. The van der Waals surface area contributed by atoms with E-state index < -0.39 is 0 Å². The fourth-order valence-electron chi connectivity index (χ4n) is 2.98. The van der Waals surface area contributed by atoms with Crippen LogP contribution in [0.2, 0.25) is 0 Å². The van der Waals surface area contributed by atoms with Gasteiger partial charge in [0.05, 0.1) is 5.01 Å². The van der Waals surface area contributed by atoms with Gasteiger partial charge in [0.1, 0.15) is 0 Å². The maximum Gasteiger partial charge on any atom is 0.250 e. The van der Waals surface area contributed by atoms with E-state index in [0.717, 1.165) is 36.6 Å². The first kappa shape index (κ1) is 15.9. The van der Waals surface area contributed by atoms with Gasteiger partial charge in [0.2, 0.25) is 5.91 Å². The van der Waals surface area contributed by atoms with Crippen molar-refractivity contribution < 1.29 is 4.79 Å². The first-order chi connectivity index (χ1) is 11.1. The topological polar surface area (TPSA) is 55.2 Å². The van der Waals surface area contributed by atoms with Crippen LogP contribution in [-0.2, 0) is 11.3 Å². The molecule has 0 aliphatic carbocycles. The average molecular weight is 331 g/mol. The lowest BCUT2D eigenvalue weighted by Gasteiger charge is -2.32. The molecule has 23 heavy (non-hydrogen) atoms. The van der Waals surface area contributed by atoms with Crippen LogP contribution in [0.4, 0.5) is 0 Å². The first-order valence-corrected chi connectivity index (χ1v) is 8.87. The summed E-state index contributed by atoms with van der Waals surface area (Å²) in [6.07, 6.45) is 4.20. The number of rotatable bonds is 4. The molecule has 1 saturated heterocycles. The van der Waals surface area contributed by atoms with Crippen molar-refractivity contribution in [3.05, 3.63) is 50.8 Å². The van der Waals surface area contributed by atoms with Crippen LogP contribution in [-0.4, -0.2) is 33.4 Å². The Bertz CT molecular complexity index is 737. The molecule has 1 amide bonds. The lowest BCUT2D eigenvalue weighted by atomic mass is 9.98. The van der Waals surface area contributed by atoms with Crippen LogP contribution in [0.1, 0.15) is 35.9 Å². The van der Waals surface area contributed by atoms with Crippen molar-refractivity contribution in [3.8, 4) is 0 Å². The zero-order valence-electron chi connectivity index (χ0n) is 13.3. The molecular weight excluding hydrogens is 310 g/mol. The van der Waals surface area contributed by atoms with E-state index in [2.05, 4.69) is 10.4 Å². The van der Waals surface area contributed by atoms with E-state index in [0.29, 0.717) is 18.9 Å². The summed E-state index contributed by atoms with van der Waals surface area (Å²) in [4.78, 5) is 30.6. The maximum atomic E-state index is 12.5. The third-order valence-corrected chi connectivity index (χ3v) is 5.35. The number of likely N-dealkylation sites (tertiary alicyclic amines) is 1. The minimum absolute atomic E-state index is 0.0601. The third kappa shape index (κ3) is 3.88. The molecule has 6 heteroatoms. The second-order valence-corrected chi connectivity index (χ2v) is 6.88. The number of pyridine rings is 1. The number of hydrogen-bond donors (Lipinski definition) is 0. The standard InChI is InChI=1S/C17H21N3O2S/c1-13-12-23-17(18-13)14-5-4-9-20(11-14)16(22)7-10-19-8-3-2-6-15(19)21/h2-3,6,8,12,14H,4-5,7,9-11H2,1H3. The fraction of sp³-hybridized carbons (Fsp3) is 0.471. The summed E-state index contributed by atoms with van der Waals surface area (Å²) in [6, 6.07) is 5.05. The number of aryl methyl sites for hydroxylation is 2. The van der Waals surface area contributed by atoms with Crippen LogP contribution >= 0.6 is 11.3 Å². The summed E-state index contributed by atoms with van der Waals surface area (Å²) in [7, 11) is 0. The van der Waals surface area contributed by atoms with Gasteiger partial charge in [0, 0.05) is 55.3 Å². The number of hydrogen-bond acceptors (Lipinski definition) is 4. The first-order valence-electron chi connectivity index (χ1n) is 7.99. The van der Waals surface area contributed by atoms with Gasteiger partial charge in [-0.1, -0.05) is 6.07 Å². The second-order valence-electron chi connectivity index (χ2n) is 5.99. The van der Waals surface area contributed by atoms with E-state index in [1.807, 2.05) is 17.9 Å². The Morgan fingerprint density at radius 3 is 3.04 bits per heavy atom. The fourth-order valence-corrected chi connectivity index (χ4v) is 3.91. The number of amides is 1. The number of thiazole rings is 1. The Balaban J connectivity index is 1.59. The zero-order chi connectivity index (χ0) is 16.2. The highest BCUT2D eigenvalue weighted by Crippen LogP contribution is 2.29. The van der Waals surface area contributed by atoms with Crippen LogP contribution in [0.5, 0.6) is 0 Å². The third-order valence-electron chi connectivity index (χ3n) is 4.23. The number of piperidine rings is 1. The molecule has 0 aromatic carbocycles. The van der Waals surface area contributed by atoms with Crippen LogP contribution in [0, 0.1) is 6.92 Å². The van der Waals surface area contributed by atoms with Gasteiger partial charge >= 0.3 is 0 Å². The molecule has 5 nitrogen and oxygen atoms in total.